The Labute approximate surface area is 103 Å². The number of thioether (sulfide) groups is 1. The zero-order valence-electron chi connectivity index (χ0n) is 9.33. The van der Waals surface area contributed by atoms with Gasteiger partial charge in [-0.25, -0.2) is 8.78 Å². The molecule has 1 saturated heterocycles. The third-order valence-electron chi connectivity index (χ3n) is 2.40. The summed E-state index contributed by atoms with van der Waals surface area (Å²) in [6.07, 6.45) is 1.46. The highest BCUT2D eigenvalue weighted by atomic mass is 32.2. The molecule has 0 radical (unpaired) electrons. The van der Waals surface area contributed by atoms with E-state index in [1.165, 1.54) is 23.9 Å². The fourth-order valence-electron chi connectivity index (χ4n) is 1.56. The summed E-state index contributed by atoms with van der Waals surface area (Å²) in [7, 11) is 0. The summed E-state index contributed by atoms with van der Waals surface area (Å²) >= 11 is 1.35. The molecular formula is C12H14F2O2S. The Morgan fingerprint density at radius 2 is 2.00 bits per heavy atom. The molecule has 1 heterocycles. The molecule has 0 amide bonds. The van der Waals surface area contributed by atoms with E-state index in [0.717, 1.165) is 25.7 Å². The summed E-state index contributed by atoms with van der Waals surface area (Å²) in [5, 5.41) is 0. The van der Waals surface area contributed by atoms with Crippen LogP contribution in [0.4, 0.5) is 8.78 Å². The Balaban J connectivity index is 1.77. The molecule has 0 spiro atoms. The molecule has 0 unspecified atom stereocenters. The van der Waals surface area contributed by atoms with E-state index < -0.39 is 11.6 Å². The smallest absolute Gasteiger partial charge is 0.158 e. The Bertz CT molecular complexity index is 368. The predicted octanol–water partition coefficient (Wildman–Crippen LogP) is 3.21. The van der Waals surface area contributed by atoms with Gasteiger partial charge in [0.15, 0.2) is 6.29 Å². The van der Waals surface area contributed by atoms with E-state index in [9.17, 15) is 8.78 Å². The van der Waals surface area contributed by atoms with Gasteiger partial charge in [0.25, 0.3) is 0 Å². The number of ether oxygens (including phenoxy) is 2. The molecule has 1 aliphatic heterocycles. The van der Waals surface area contributed by atoms with Crippen LogP contribution in [0.5, 0.6) is 0 Å². The standard InChI is InChI=1S/C12H14F2O2S/c13-9-2-3-11(10(14)8-9)17-7-4-12-15-5-1-6-16-12/h2-3,8,12H,1,4-7H2. The number of halogens is 2. The first kappa shape index (κ1) is 12.8. The summed E-state index contributed by atoms with van der Waals surface area (Å²) in [5.74, 6) is -0.376. The van der Waals surface area contributed by atoms with Gasteiger partial charge in [0.1, 0.15) is 11.6 Å². The molecular weight excluding hydrogens is 246 g/mol. The van der Waals surface area contributed by atoms with Crippen molar-refractivity contribution in [3.8, 4) is 0 Å². The van der Waals surface area contributed by atoms with Crippen molar-refractivity contribution in [1.29, 1.82) is 0 Å². The second kappa shape index (κ2) is 6.33. The molecule has 5 heteroatoms. The van der Waals surface area contributed by atoms with E-state index >= 15 is 0 Å². The second-order valence-corrected chi connectivity index (χ2v) is 4.87. The van der Waals surface area contributed by atoms with Crippen molar-refractivity contribution < 1.29 is 18.3 Å². The van der Waals surface area contributed by atoms with Crippen molar-refractivity contribution in [3.63, 3.8) is 0 Å². The van der Waals surface area contributed by atoms with Crippen LogP contribution in [0.3, 0.4) is 0 Å². The summed E-state index contributed by atoms with van der Waals surface area (Å²) in [6, 6.07) is 3.62. The fraction of sp³-hybridized carbons (Fsp3) is 0.500. The summed E-state index contributed by atoms with van der Waals surface area (Å²) in [5.41, 5.74) is 0. The molecule has 0 atom stereocenters. The Morgan fingerprint density at radius 1 is 1.24 bits per heavy atom. The van der Waals surface area contributed by atoms with Crippen molar-refractivity contribution in [2.45, 2.75) is 24.0 Å². The van der Waals surface area contributed by atoms with Gasteiger partial charge in [0.05, 0.1) is 13.2 Å². The zero-order chi connectivity index (χ0) is 12.1. The molecule has 2 nitrogen and oxygen atoms in total. The van der Waals surface area contributed by atoms with Crippen molar-refractivity contribution >= 4 is 11.8 Å². The second-order valence-electron chi connectivity index (χ2n) is 3.74. The van der Waals surface area contributed by atoms with E-state index in [4.69, 9.17) is 9.47 Å². The fourth-order valence-corrected chi connectivity index (χ4v) is 2.45. The van der Waals surface area contributed by atoms with Gasteiger partial charge in [-0.2, -0.15) is 0 Å². The lowest BCUT2D eigenvalue weighted by Crippen LogP contribution is -2.25. The van der Waals surface area contributed by atoms with Crippen LogP contribution in [-0.2, 0) is 9.47 Å². The third kappa shape index (κ3) is 3.94. The van der Waals surface area contributed by atoms with Crippen LogP contribution in [0, 0.1) is 11.6 Å². The number of hydrogen-bond donors (Lipinski definition) is 0. The van der Waals surface area contributed by atoms with E-state index in [-0.39, 0.29) is 6.29 Å². The van der Waals surface area contributed by atoms with Crippen molar-refractivity contribution in [1.82, 2.24) is 0 Å². The molecule has 1 aromatic rings. The molecule has 1 aromatic carbocycles. The third-order valence-corrected chi connectivity index (χ3v) is 3.48. The normalized spacial score (nSPS) is 17.3. The Hall–Kier alpha value is -0.650. The van der Waals surface area contributed by atoms with Gasteiger partial charge in [-0.15, -0.1) is 11.8 Å². The van der Waals surface area contributed by atoms with Gasteiger partial charge in [0.2, 0.25) is 0 Å². The lowest BCUT2D eigenvalue weighted by atomic mass is 10.3. The average Bonchev–Trinajstić information content (AvgIpc) is 2.33. The maximum Gasteiger partial charge on any atom is 0.158 e. The predicted molar refractivity (Wildman–Crippen MR) is 62.0 cm³/mol. The first-order valence-corrected chi connectivity index (χ1v) is 6.55. The molecule has 0 bridgehead atoms. The summed E-state index contributed by atoms with van der Waals surface area (Å²) in [4.78, 5) is 0.460. The SMILES string of the molecule is Fc1ccc(SCCC2OCCCO2)c(F)c1. The molecule has 1 fully saturated rings. The first-order chi connectivity index (χ1) is 8.25. The first-order valence-electron chi connectivity index (χ1n) is 5.57. The van der Waals surface area contributed by atoms with Gasteiger partial charge in [0, 0.05) is 23.1 Å². The maximum absolute atomic E-state index is 13.3. The van der Waals surface area contributed by atoms with Crippen LogP contribution in [-0.4, -0.2) is 25.3 Å². The molecule has 17 heavy (non-hydrogen) atoms. The molecule has 0 N–H and O–H groups in total. The van der Waals surface area contributed by atoms with Crippen molar-refractivity contribution in [2.24, 2.45) is 0 Å². The van der Waals surface area contributed by atoms with Gasteiger partial charge in [-0.1, -0.05) is 0 Å². The molecule has 94 valence electrons. The highest BCUT2D eigenvalue weighted by Crippen LogP contribution is 2.24. The monoisotopic (exact) mass is 260 g/mol. The van der Waals surface area contributed by atoms with E-state index in [1.54, 1.807) is 0 Å². The van der Waals surface area contributed by atoms with E-state index in [2.05, 4.69) is 0 Å². The minimum atomic E-state index is -0.550. The van der Waals surface area contributed by atoms with Crippen LogP contribution in [0.2, 0.25) is 0 Å². The van der Waals surface area contributed by atoms with E-state index in [0.29, 0.717) is 17.1 Å². The topological polar surface area (TPSA) is 18.5 Å². The molecule has 0 aromatic heterocycles. The zero-order valence-corrected chi connectivity index (χ0v) is 10.1. The van der Waals surface area contributed by atoms with Crippen LogP contribution in [0.1, 0.15) is 12.8 Å². The lowest BCUT2D eigenvalue weighted by molar-refractivity contribution is -0.178. The molecule has 0 saturated carbocycles. The highest BCUT2D eigenvalue weighted by molar-refractivity contribution is 7.99. The minimum absolute atomic E-state index is 0.181. The highest BCUT2D eigenvalue weighted by Gasteiger charge is 2.14. The van der Waals surface area contributed by atoms with E-state index in [1.807, 2.05) is 0 Å². The maximum atomic E-state index is 13.3. The Morgan fingerprint density at radius 3 is 2.71 bits per heavy atom. The van der Waals surface area contributed by atoms with Crippen LogP contribution < -0.4 is 0 Å². The van der Waals surface area contributed by atoms with Gasteiger partial charge in [-0.05, 0) is 18.6 Å². The quantitative estimate of drug-likeness (QED) is 0.774. The number of benzene rings is 1. The molecule has 0 aliphatic carbocycles. The van der Waals surface area contributed by atoms with Crippen LogP contribution >= 0.6 is 11.8 Å². The molecule has 2 rings (SSSR count). The number of hydrogen-bond acceptors (Lipinski definition) is 3. The van der Waals surface area contributed by atoms with Gasteiger partial charge in [-0.3, -0.25) is 0 Å². The van der Waals surface area contributed by atoms with Crippen molar-refractivity contribution in [3.05, 3.63) is 29.8 Å². The van der Waals surface area contributed by atoms with Crippen LogP contribution in [0.15, 0.2) is 23.1 Å². The number of rotatable bonds is 4. The largest absolute Gasteiger partial charge is 0.353 e. The summed E-state index contributed by atoms with van der Waals surface area (Å²) < 4.78 is 36.7. The van der Waals surface area contributed by atoms with Gasteiger partial charge < -0.3 is 9.47 Å². The Kier molecular flexibility index (Phi) is 4.76. The van der Waals surface area contributed by atoms with Crippen molar-refractivity contribution in [2.75, 3.05) is 19.0 Å². The minimum Gasteiger partial charge on any atom is -0.353 e. The van der Waals surface area contributed by atoms with Gasteiger partial charge >= 0.3 is 0 Å². The summed E-state index contributed by atoms with van der Waals surface area (Å²) in [6.45, 7) is 1.44. The molecule has 1 aliphatic rings. The van der Waals surface area contributed by atoms with Crippen LogP contribution in [0.25, 0.3) is 0 Å². The average molecular weight is 260 g/mol. The lowest BCUT2D eigenvalue weighted by Gasteiger charge is -2.22.